The molecule has 0 aliphatic rings. The Kier molecular flexibility index (Phi) is 9.82. The molecule has 3 rings (SSSR count). The van der Waals surface area contributed by atoms with Crippen molar-refractivity contribution in [2.45, 2.75) is 45.2 Å². The molecule has 0 radical (unpaired) electrons. The van der Waals surface area contributed by atoms with Crippen LogP contribution in [-0.2, 0) is 21.4 Å². The highest BCUT2D eigenvalue weighted by Crippen LogP contribution is 2.29. The molecule has 1 atom stereocenters. The summed E-state index contributed by atoms with van der Waals surface area (Å²) in [7, 11) is -3.88. The van der Waals surface area contributed by atoms with Crippen molar-refractivity contribution in [1.29, 1.82) is 0 Å². The van der Waals surface area contributed by atoms with Crippen molar-refractivity contribution in [3.63, 3.8) is 0 Å². The van der Waals surface area contributed by atoms with Gasteiger partial charge in [-0.1, -0.05) is 61.9 Å². The highest BCUT2D eigenvalue weighted by atomic mass is 32.2. The van der Waals surface area contributed by atoms with Crippen molar-refractivity contribution in [1.82, 2.24) is 10.1 Å². The molecule has 0 fully saturated rings. The zero-order valence-electron chi connectivity index (χ0n) is 21.5. The van der Waals surface area contributed by atoms with Gasteiger partial charge in [0, 0.05) is 0 Å². The van der Waals surface area contributed by atoms with Crippen molar-refractivity contribution >= 4 is 22.1 Å². The lowest BCUT2D eigenvalue weighted by Crippen LogP contribution is -2.48. The van der Waals surface area contributed by atoms with Crippen LogP contribution in [0.2, 0.25) is 0 Å². The molecule has 0 saturated carbocycles. The van der Waals surface area contributed by atoms with Crippen LogP contribution in [0.1, 0.15) is 37.5 Å². The summed E-state index contributed by atoms with van der Waals surface area (Å²) in [5.74, 6) is 0.285. The Hall–Kier alpha value is -3.69. The van der Waals surface area contributed by atoms with Gasteiger partial charge in [-0.3, -0.25) is 4.79 Å². The predicted molar refractivity (Wildman–Crippen MR) is 144 cm³/mol. The molecule has 3 aromatic rings. The van der Waals surface area contributed by atoms with Gasteiger partial charge in [-0.05, 0) is 61.2 Å². The summed E-state index contributed by atoms with van der Waals surface area (Å²) in [6, 6.07) is 20.6. The molecular weight excluding hydrogens is 490 g/mol. The average molecular weight is 524 g/mol. The number of hydrogen-bond donors (Lipinski definition) is 2. The maximum absolute atomic E-state index is 12.8. The van der Waals surface area contributed by atoms with Crippen molar-refractivity contribution in [2.75, 3.05) is 6.61 Å². The number of aryl methyl sites for hydroxylation is 1. The van der Waals surface area contributed by atoms with E-state index in [9.17, 15) is 13.2 Å². The minimum atomic E-state index is -3.88. The lowest BCUT2D eigenvalue weighted by molar-refractivity contribution is -0.123. The van der Waals surface area contributed by atoms with E-state index in [0.717, 1.165) is 11.1 Å². The van der Waals surface area contributed by atoms with Crippen LogP contribution < -0.4 is 19.6 Å². The Morgan fingerprint density at radius 1 is 0.973 bits per heavy atom. The van der Waals surface area contributed by atoms with E-state index in [-0.39, 0.29) is 10.8 Å². The van der Waals surface area contributed by atoms with E-state index in [1.807, 2.05) is 44.2 Å². The number of carbonyl (C=O) groups excluding carboxylic acids is 1. The van der Waals surface area contributed by atoms with Gasteiger partial charge in [-0.2, -0.15) is 9.82 Å². The number of ether oxygens (including phenoxy) is 2. The second-order valence-electron chi connectivity index (χ2n) is 8.80. The fourth-order valence-electron chi connectivity index (χ4n) is 3.41. The largest absolute Gasteiger partial charge is 0.490 e. The van der Waals surface area contributed by atoms with Gasteiger partial charge in [0.05, 0.1) is 17.7 Å². The van der Waals surface area contributed by atoms with Gasteiger partial charge >= 0.3 is 0 Å². The third kappa shape index (κ3) is 8.16. The van der Waals surface area contributed by atoms with Crippen LogP contribution in [0.25, 0.3) is 0 Å². The second-order valence-corrected chi connectivity index (χ2v) is 10.5. The maximum atomic E-state index is 12.8. The molecule has 0 bridgehead atoms. The van der Waals surface area contributed by atoms with E-state index in [1.54, 1.807) is 44.2 Å². The molecule has 0 spiro atoms. The van der Waals surface area contributed by atoms with Crippen molar-refractivity contribution in [3.8, 4) is 11.5 Å². The van der Waals surface area contributed by atoms with Crippen LogP contribution in [-0.4, -0.2) is 33.2 Å². The number of hydrogen-bond acceptors (Lipinski definition) is 6. The van der Waals surface area contributed by atoms with Crippen LogP contribution in [0, 0.1) is 12.8 Å². The first-order valence-corrected chi connectivity index (χ1v) is 13.5. The average Bonchev–Trinajstić information content (AvgIpc) is 2.87. The molecule has 8 nitrogen and oxygen atoms in total. The van der Waals surface area contributed by atoms with Gasteiger partial charge in [0.25, 0.3) is 5.91 Å². The summed E-state index contributed by atoms with van der Waals surface area (Å²) in [5.41, 5.74) is 5.10. The van der Waals surface area contributed by atoms with Crippen LogP contribution in [0.5, 0.6) is 11.5 Å². The van der Waals surface area contributed by atoms with E-state index >= 15 is 0 Å². The molecule has 2 N–H and O–H groups in total. The molecule has 1 amide bonds. The summed E-state index contributed by atoms with van der Waals surface area (Å²) in [5, 5.41) is 4.03. The summed E-state index contributed by atoms with van der Waals surface area (Å²) < 4.78 is 39.7. The Labute approximate surface area is 218 Å². The summed E-state index contributed by atoms with van der Waals surface area (Å²) in [6.45, 7) is 8.12. The van der Waals surface area contributed by atoms with Gasteiger partial charge in [-0.25, -0.2) is 13.8 Å². The molecule has 0 unspecified atom stereocenters. The van der Waals surface area contributed by atoms with Crippen LogP contribution >= 0.6 is 0 Å². The number of hydrazone groups is 1. The maximum Gasteiger partial charge on any atom is 0.258 e. The lowest BCUT2D eigenvalue weighted by Gasteiger charge is -2.20. The SMILES string of the molecule is CCOc1cc(/C=N\NC(=O)[C@@H](NS(=O)(=O)c2ccc(C)cc2)C(C)C)ccc1OCc1ccccc1. The van der Waals surface area contributed by atoms with Gasteiger partial charge in [-0.15, -0.1) is 0 Å². The van der Waals surface area contributed by atoms with E-state index in [1.165, 1.54) is 18.3 Å². The van der Waals surface area contributed by atoms with E-state index in [0.29, 0.717) is 30.3 Å². The van der Waals surface area contributed by atoms with Crippen molar-refractivity contribution in [2.24, 2.45) is 11.0 Å². The van der Waals surface area contributed by atoms with Gasteiger partial charge in [0.15, 0.2) is 11.5 Å². The fraction of sp³-hybridized carbons (Fsp3) is 0.286. The first-order valence-electron chi connectivity index (χ1n) is 12.0. The number of carbonyl (C=O) groups is 1. The molecule has 9 heteroatoms. The molecule has 0 aliphatic heterocycles. The number of amides is 1. The molecule has 3 aromatic carbocycles. The summed E-state index contributed by atoms with van der Waals surface area (Å²) in [4.78, 5) is 12.9. The number of sulfonamides is 1. The Bertz CT molecular complexity index is 1310. The van der Waals surface area contributed by atoms with Crippen LogP contribution in [0.3, 0.4) is 0 Å². The van der Waals surface area contributed by atoms with Crippen LogP contribution in [0.4, 0.5) is 0 Å². The third-order valence-electron chi connectivity index (χ3n) is 5.46. The summed E-state index contributed by atoms with van der Waals surface area (Å²) >= 11 is 0. The Morgan fingerprint density at radius 2 is 1.68 bits per heavy atom. The zero-order chi connectivity index (χ0) is 26.8. The number of nitrogens with one attached hydrogen (secondary N) is 2. The van der Waals surface area contributed by atoms with Crippen molar-refractivity contribution in [3.05, 3.63) is 89.5 Å². The molecule has 0 saturated heterocycles. The van der Waals surface area contributed by atoms with Gasteiger partial charge in [0.2, 0.25) is 10.0 Å². The van der Waals surface area contributed by atoms with Crippen molar-refractivity contribution < 1.29 is 22.7 Å². The smallest absolute Gasteiger partial charge is 0.258 e. The molecule has 0 heterocycles. The minimum Gasteiger partial charge on any atom is -0.490 e. The van der Waals surface area contributed by atoms with Gasteiger partial charge < -0.3 is 9.47 Å². The highest BCUT2D eigenvalue weighted by molar-refractivity contribution is 7.89. The van der Waals surface area contributed by atoms with E-state index in [2.05, 4.69) is 15.2 Å². The van der Waals surface area contributed by atoms with Crippen LogP contribution in [0.15, 0.2) is 82.8 Å². The zero-order valence-corrected chi connectivity index (χ0v) is 22.3. The highest BCUT2D eigenvalue weighted by Gasteiger charge is 2.28. The number of benzene rings is 3. The standard InChI is InChI=1S/C28H33N3O5S/c1-5-35-26-17-23(13-16-25(26)36-19-22-9-7-6-8-10-22)18-29-30-28(32)27(20(2)3)31-37(33,34)24-14-11-21(4)12-15-24/h6-18,20,27,31H,5,19H2,1-4H3,(H,30,32)/b29-18-/t27-/m0/s1. The number of nitrogens with zero attached hydrogens (tertiary/aromatic N) is 1. The molecule has 196 valence electrons. The minimum absolute atomic E-state index is 0.0954. The lowest BCUT2D eigenvalue weighted by atomic mass is 10.1. The summed E-state index contributed by atoms with van der Waals surface area (Å²) in [6.07, 6.45) is 1.47. The van der Waals surface area contributed by atoms with Gasteiger partial charge in [0.1, 0.15) is 12.6 Å². The van der Waals surface area contributed by atoms with E-state index in [4.69, 9.17) is 9.47 Å². The first-order chi connectivity index (χ1) is 17.7. The molecule has 0 aliphatic carbocycles. The predicted octanol–water partition coefficient (Wildman–Crippen LogP) is 4.43. The molecule has 0 aromatic heterocycles. The normalized spacial score (nSPS) is 12.5. The molecular formula is C28H33N3O5S. The van der Waals surface area contributed by atoms with E-state index < -0.39 is 22.0 Å². The Morgan fingerprint density at radius 3 is 2.32 bits per heavy atom. The first kappa shape index (κ1) is 27.9. The Balaban J connectivity index is 1.66. The number of rotatable bonds is 12. The quantitative estimate of drug-likeness (QED) is 0.270. The molecule has 37 heavy (non-hydrogen) atoms. The topological polar surface area (TPSA) is 106 Å². The third-order valence-corrected chi connectivity index (χ3v) is 6.91. The fourth-order valence-corrected chi connectivity index (χ4v) is 4.76. The second kappa shape index (κ2) is 13.0. The monoisotopic (exact) mass is 523 g/mol.